The predicted octanol–water partition coefficient (Wildman–Crippen LogP) is 5.81. The van der Waals surface area contributed by atoms with Crippen LogP contribution in [0.3, 0.4) is 0 Å². The highest BCUT2D eigenvalue weighted by atomic mass is 35.5. The highest BCUT2D eigenvalue weighted by molar-refractivity contribution is 6.54. The number of carbonyl (C=O) groups excluding carboxylic acids is 1. The molecule has 0 aromatic heterocycles. The van der Waals surface area contributed by atoms with Crippen LogP contribution >= 0.6 is 58.0 Å². The first kappa shape index (κ1) is 20.5. The number of carboxylic acids is 1. The molecule has 0 spiro atoms. The molecule has 0 radical (unpaired) electrons. The van der Waals surface area contributed by atoms with E-state index in [1.807, 2.05) is 0 Å². The molecule has 2 aromatic carbocycles. The van der Waals surface area contributed by atoms with E-state index in [4.69, 9.17) is 58.0 Å². The van der Waals surface area contributed by atoms with Gasteiger partial charge in [-0.25, -0.2) is 4.79 Å². The minimum absolute atomic E-state index is 0.0271. The summed E-state index contributed by atoms with van der Waals surface area (Å²) in [5, 5.41) is 20.8. The van der Waals surface area contributed by atoms with Crippen LogP contribution in [0.25, 0.3) is 0 Å². The number of carboxylic acid groups (broad SMARTS) is 1. The Morgan fingerprint density at radius 1 is 0.962 bits per heavy atom. The van der Waals surface area contributed by atoms with Crippen LogP contribution in [0.15, 0.2) is 18.2 Å². The summed E-state index contributed by atoms with van der Waals surface area (Å²) in [7, 11) is 0. The number of carbonyl (C=O) groups is 2. The zero-order chi connectivity index (χ0) is 19.8. The number of anilines is 1. The number of halogens is 5. The normalized spacial score (nSPS) is 10.5. The molecular formula is C14H5Cl5N2O5. The first-order valence-electron chi connectivity index (χ1n) is 6.40. The lowest BCUT2D eigenvalue weighted by molar-refractivity contribution is -0.384. The molecule has 0 bridgehead atoms. The number of aromatic carboxylic acids is 1. The molecule has 0 saturated heterocycles. The third-order valence-corrected chi connectivity index (χ3v) is 5.23. The topological polar surface area (TPSA) is 110 Å². The van der Waals surface area contributed by atoms with Gasteiger partial charge in [0.15, 0.2) is 0 Å². The van der Waals surface area contributed by atoms with Crippen molar-refractivity contribution in [2.75, 3.05) is 5.32 Å². The lowest BCUT2D eigenvalue weighted by atomic mass is 10.1. The summed E-state index contributed by atoms with van der Waals surface area (Å²) >= 11 is 29.2. The lowest BCUT2D eigenvalue weighted by Gasteiger charge is -2.14. The smallest absolute Gasteiger partial charge is 0.338 e. The molecule has 7 nitrogen and oxygen atoms in total. The van der Waals surface area contributed by atoms with Gasteiger partial charge in [0.25, 0.3) is 11.6 Å². The van der Waals surface area contributed by atoms with Crippen LogP contribution in [-0.4, -0.2) is 21.9 Å². The van der Waals surface area contributed by atoms with E-state index < -0.39 is 43.7 Å². The minimum Gasteiger partial charge on any atom is -0.478 e. The molecule has 2 rings (SSSR count). The van der Waals surface area contributed by atoms with Crippen molar-refractivity contribution in [3.63, 3.8) is 0 Å². The van der Waals surface area contributed by atoms with Crippen LogP contribution in [0.5, 0.6) is 0 Å². The summed E-state index contributed by atoms with van der Waals surface area (Å²) < 4.78 is 0. The van der Waals surface area contributed by atoms with Crippen molar-refractivity contribution in [2.24, 2.45) is 0 Å². The minimum atomic E-state index is -1.57. The van der Waals surface area contributed by atoms with Gasteiger partial charge in [-0.05, 0) is 12.1 Å². The molecule has 136 valence electrons. The van der Waals surface area contributed by atoms with Gasteiger partial charge in [0.2, 0.25) is 0 Å². The lowest BCUT2D eigenvalue weighted by Crippen LogP contribution is -2.18. The van der Waals surface area contributed by atoms with Crippen molar-refractivity contribution in [1.29, 1.82) is 0 Å². The average Bonchev–Trinajstić information content (AvgIpc) is 2.56. The van der Waals surface area contributed by atoms with Gasteiger partial charge in [-0.1, -0.05) is 58.0 Å². The molecule has 0 aliphatic heterocycles. The number of nitrogens with one attached hydrogen (secondary N) is 1. The standard InChI is InChI=1S/C14H5Cl5N2O5/c15-5-2-1-4(3-6(5)21(25)26)20-13(22)7-8(14(23)24)10(17)12(19)11(18)9(7)16/h1-3H,(H,20,22)(H,23,24). The fourth-order valence-electron chi connectivity index (χ4n) is 1.97. The quantitative estimate of drug-likeness (QED) is 0.260. The van der Waals surface area contributed by atoms with Crippen LogP contribution in [0.4, 0.5) is 11.4 Å². The highest BCUT2D eigenvalue weighted by Gasteiger charge is 2.29. The van der Waals surface area contributed by atoms with Crippen molar-refractivity contribution in [3.8, 4) is 0 Å². The third-order valence-electron chi connectivity index (χ3n) is 3.11. The van der Waals surface area contributed by atoms with Crippen LogP contribution in [-0.2, 0) is 0 Å². The largest absolute Gasteiger partial charge is 0.478 e. The first-order valence-corrected chi connectivity index (χ1v) is 8.29. The Labute approximate surface area is 170 Å². The van der Waals surface area contributed by atoms with E-state index in [-0.39, 0.29) is 20.8 Å². The fourth-order valence-corrected chi connectivity index (χ4v) is 3.18. The Morgan fingerprint density at radius 2 is 1.50 bits per heavy atom. The number of rotatable bonds is 4. The van der Waals surface area contributed by atoms with Gasteiger partial charge >= 0.3 is 5.97 Å². The Balaban J connectivity index is 2.56. The van der Waals surface area contributed by atoms with Crippen LogP contribution in [0, 0.1) is 10.1 Å². The fraction of sp³-hybridized carbons (Fsp3) is 0. The number of benzene rings is 2. The van der Waals surface area contributed by atoms with Gasteiger partial charge in [0.05, 0.1) is 36.1 Å². The van der Waals surface area contributed by atoms with E-state index in [2.05, 4.69) is 5.32 Å². The molecule has 0 unspecified atom stereocenters. The Kier molecular flexibility index (Phi) is 6.21. The zero-order valence-corrected chi connectivity index (χ0v) is 15.9. The maximum atomic E-state index is 12.5. The number of amides is 1. The van der Waals surface area contributed by atoms with E-state index in [9.17, 15) is 24.8 Å². The zero-order valence-electron chi connectivity index (χ0n) is 12.1. The van der Waals surface area contributed by atoms with E-state index in [1.54, 1.807) is 0 Å². The van der Waals surface area contributed by atoms with E-state index >= 15 is 0 Å². The summed E-state index contributed by atoms with van der Waals surface area (Å²) in [6.45, 7) is 0. The van der Waals surface area contributed by atoms with Crippen molar-refractivity contribution in [2.45, 2.75) is 0 Å². The van der Waals surface area contributed by atoms with Crippen molar-refractivity contribution < 1.29 is 19.6 Å². The van der Waals surface area contributed by atoms with Crippen LogP contribution in [0.2, 0.25) is 25.1 Å². The maximum Gasteiger partial charge on any atom is 0.338 e. The monoisotopic (exact) mass is 456 g/mol. The molecule has 0 fully saturated rings. The van der Waals surface area contributed by atoms with Gasteiger partial charge in [0, 0.05) is 11.8 Å². The van der Waals surface area contributed by atoms with Gasteiger partial charge in [-0.2, -0.15) is 0 Å². The summed E-state index contributed by atoms with van der Waals surface area (Å²) in [4.78, 5) is 34.2. The van der Waals surface area contributed by atoms with Crippen molar-refractivity contribution >= 4 is 81.3 Å². The number of nitrogens with zero attached hydrogens (tertiary/aromatic N) is 1. The van der Waals surface area contributed by atoms with Crippen molar-refractivity contribution in [1.82, 2.24) is 0 Å². The second-order valence-corrected chi connectivity index (χ2v) is 6.61. The third kappa shape index (κ3) is 3.82. The van der Waals surface area contributed by atoms with Gasteiger partial charge in [-0.3, -0.25) is 14.9 Å². The molecule has 2 aromatic rings. The van der Waals surface area contributed by atoms with Crippen LogP contribution < -0.4 is 5.32 Å². The van der Waals surface area contributed by atoms with E-state index in [0.717, 1.165) is 6.07 Å². The Morgan fingerprint density at radius 3 is 2.00 bits per heavy atom. The molecule has 2 N–H and O–H groups in total. The second kappa shape index (κ2) is 7.85. The van der Waals surface area contributed by atoms with Gasteiger partial charge in [-0.15, -0.1) is 0 Å². The predicted molar refractivity (Wildman–Crippen MR) is 99.5 cm³/mol. The number of nitro groups is 1. The van der Waals surface area contributed by atoms with Gasteiger partial charge in [0.1, 0.15) is 5.02 Å². The number of hydrogen-bond acceptors (Lipinski definition) is 4. The SMILES string of the molecule is O=C(O)c1c(Cl)c(Cl)c(Cl)c(Cl)c1C(=O)Nc1ccc(Cl)c([N+](=O)[O-])c1. The summed E-state index contributed by atoms with van der Waals surface area (Å²) in [5.41, 5.74) is -1.69. The summed E-state index contributed by atoms with van der Waals surface area (Å²) in [5.74, 6) is -2.58. The molecule has 1 amide bonds. The Hall–Kier alpha value is -1.77. The Bertz CT molecular complexity index is 963. The van der Waals surface area contributed by atoms with E-state index in [1.165, 1.54) is 12.1 Å². The average molecular weight is 458 g/mol. The second-order valence-electron chi connectivity index (χ2n) is 4.69. The first-order chi connectivity index (χ1) is 12.1. The molecule has 0 saturated carbocycles. The molecular weight excluding hydrogens is 453 g/mol. The molecule has 0 aliphatic rings. The highest BCUT2D eigenvalue weighted by Crippen LogP contribution is 2.42. The summed E-state index contributed by atoms with van der Waals surface area (Å²) in [6, 6.07) is 3.46. The molecule has 26 heavy (non-hydrogen) atoms. The molecule has 0 heterocycles. The van der Waals surface area contributed by atoms with E-state index in [0.29, 0.717) is 0 Å². The molecule has 0 atom stereocenters. The maximum absolute atomic E-state index is 12.5. The van der Waals surface area contributed by atoms with Crippen LogP contribution in [0.1, 0.15) is 20.7 Å². The van der Waals surface area contributed by atoms with Gasteiger partial charge < -0.3 is 10.4 Å². The molecule has 12 heteroatoms. The number of nitro benzene ring substituents is 1. The molecule has 0 aliphatic carbocycles. The summed E-state index contributed by atoms with van der Waals surface area (Å²) in [6.07, 6.45) is 0. The number of hydrogen-bond donors (Lipinski definition) is 2. The van der Waals surface area contributed by atoms with Crippen molar-refractivity contribution in [3.05, 3.63) is 64.6 Å².